The van der Waals surface area contributed by atoms with E-state index < -0.39 is 24.3 Å². The number of carbonyl (C=O) groups excluding carboxylic acids is 2. The van der Waals surface area contributed by atoms with E-state index in [9.17, 15) is 14.0 Å². The maximum Gasteiger partial charge on any atom is 0.340 e. The number of esters is 1. The number of rotatable bonds is 4. The molecule has 0 radical (unpaired) electrons. The minimum Gasteiger partial charge on any atom is -0.452 e. The summed E-state index contributed by atoms with van der Waals surface area (Å²) in [6.07, 6.45) is 0. The van der Waals surface area contributed by atoms with Gasteiger partial charge in [0.1, 0.15) is 5.82 Å². The lowest BCUT2D eigenvalue weighted by Gasteiger charge is -2.09. The molecule has 0 bridgehead atoms. The Kier molecular flexibility index (Phi) is 5.58. The second-order valence-corrected chi connectivity index (χ2v) is 5.55. The second-order valence-electron chi connectivity index (χ2n) is 4.73. The van der Waals surface area contributed by atoms with E-state index in [0.717, 1.165) is 17.7 Å². The smallest absolute Gasteiger partial charge is 0.340 e. The first-order valence-electron chi connectivity index (χ1n) is 6.55. The Hall–Kier alpha value is -2.11. The zero-order valence-corrected chi connectivity index (χ0v) is 13.5. The molecule has 1 amide bonds. The van der Waals surface area contributed by atoms with Crippen molar-refractivity contribution in [1.82, 2.24) is 0 Å². The number of amides is 1. The van der Waals surface area contributed by atoms with Crippen LogP contribution in [-0.4, -0.2) is 18.5 Å². The summed E-state index contributed by atoms with van der Waals surface area (Å²) in [6, 6.07) is 8.38. The second kappa shape index (κ2) is 7.44. The van der Waals surface area contributed by atoms with Crippen LogP contribution in [0.1, 0.15) is 15.9 Å². The molecule has 0 spiro atoms. The monoisotopic (exact) mass is 355 g/mol. The predicted octanol–water partition coefficient (Wildman–Crippen LogP) is 4.24. The van der Waals surface area contributed by atoms with E-state index in [1.54, 1.807) is 18.2 Å². The van der Waals surface area contributed by atoms with Crippen molar-refractivity contribution in [2.24, 2.45) is 0 Å². The van der Waals surface area contributed by atoms with Gasteiger partial charge in [0.15, 0.2) is 6.61 Å². The number of benzene rings is 2. The molecule has 0 atom stereocenters. The van der Waals surface area contributed by atoms with Crippen molar-refractivity contribution < 1.29 is 18.7 Å². The molecule has 0 saturated heterocycles. The number of anilines is 1. The zero-order valence-electron chi connectivity index (χ0n) is 12.0. The maximum atomic E-state index is 12.9. The molecule has 0 aliphatic rings. The average Bonchev–Trinajstić information content (AvgIpc) is 2.48. The molecule has 7 heteroatoms. The fourth-order valence-electron chi connectivity index (χ4n) is 1.77. The molecule has 2 aromatic rings. The third-order valence-electron chi connectivity index (χ3n) is 2.88. The molecule has 0 aromatic heterocycles. The van der Waals surface area contributed by atoms with Crippen LogP contribution in [0, 0.1) is 12.7 Å². The molecular formula is C16H12Cl2FNO3. The largest absolute Gasteiger partial charge is 0.452 e. The highest BCUT2D eigenvalue weighted by Gasteiger charge is 2.15. The van der Waals surface area contributed by atoms with Crippen molar-refractivity contribution in [3.63, 3.8) is 0 Å². The third-order valence-corrected chi connectivity index (χ3v) is 3.51. The van der Waals surface area contributed by atoms with E-state index in [2.05, 4.69) is 5.32 Å². The Morgan fingerprint density at radius 3 is 2.52 bits per heavy atom. The molecule has 120 valence electrons. The first-order chi connectivity index (χ1) is 10.9. The molecule has 0 heterocycles. The Bertz CT molecular complexity index is 765. The molecule has 0 saturated carbocycles. The summed E-state index contributed by atoms with van der Waals surface area (Å²) in [5.74, 6) is -1.94. The summed E-state index contributed by atoms with van der Waals surface area (Å²) >= 11 is 11.7. The molecule has 0 aliphatic carbocycles. The van der Waals surface area contributed by atoms with Gasteiger partial charge in [-0.3, -0.25) is 4.79 Å². The van der Waals surface area contributed by atoms with Crippen molar-refractivity contribution in [2.45, 2.75) is 6.92 Å². The van der Waals surface area contributed by atoms with Crippen molar-refractivity contribution in [1.29, 1.82) is 0 Å². The summed E-state index contributed by atoms with van der Waals surface area (Å²) in [6.45, 7) is 1.35. The van der Waals surface area contributed by atoms with E-state index in [4.69, 9.17) is 27.9 Å². The number of hydrogen-bond acceptors (Lipinski definition) is 3. The SMILES string of the molecule is Cc1ccc(NC(=O)COC(=O)c2ccc(F)cc2Cl)c(Cl)c1. The number of hydrogen-bond donors (Lipinski definition) is 1. The topological polar surface area (TPSA) is 55.4 Å². The van der Waals surface area contributed by atoms with Crippen LogP contribution >= 0.6 is 23.2 Å². The fourth-order valence-corrected chi connectivity index (χ4v) is 2.30. The predicted molar refractivity (Wildman–Crippen MR) is 86.5 cm³/mol. The van der Waals surface area contributed by atoms with Gasteiger partial charge in [0, 0.05) is 0 Å². The first kappa shape index (κ1) is 17.2. The van der Waals surface area contributed by atoms with Crippen LogP contribution in [0.2, 0.25) is 10.0 Å². The first-order valence-corrected chi connectivity index (χ1v) is 7.30. The van der Waals surface area contributed by atoms with E-state index in [-0.39, 0.29) is 10.6 Å². The minimum absolute atomic E-state index is 0.0192. The normalized spacial score (nSPS) is 10.3. The quantitative estimate of drug-likeness (QED) is 0.834. The van der Waals surface area contributed by atoms with Crippen LogP contribution in [0.4, 0.5) is 10.1 Å². The van der Waals surface area contributed by atoms with Gasteiger partial charge in [-0.25, -0.2) is 9.18 Å². The Labute approximate surface area is 142 Å². The Morgan fingerprint density at radius 1 is 1.13 bits per heavy atom. The number of aryl methyl sites for hydroxylation is 1. The van der Waals surface area contributed by atoms with E-state index in [0.29, 0.717) is 10.7 Å². The zero-order chi connectivity index (χ0) is 17.0. The van der Waals surface area contributed by atoms with Gasteiger partial charge < -0.3 is 10.1 Å². The number of ether oxygens (including phenoxy) is 1. The molecule has 1 N–H and O–H groups in total. The molecule has 2 rings (SSSR count). The Balaban J connectivity index is 1.94. The average molecular weight is 356 g/mol. The lowest BCUT2D eigenvalue weighted by atomic mass is 10.2. The van der Waals surface area contributed by atoms with Crippen molar-refractivity contribution in [2.75, 3.05) is 11.9 Å². The summed E-state index contributed by atoms with van der Waals surface area (Å²) in [4.78, 5) is 23.6. The molecule has 0 fully saturated rings. The van der Waals surface area contributed by atoms with E-state index >= 15 is 0 Å². The number of carbonyl (C=O) groups is 2. The summed E-state index contributed by atoms with van der Waals surface area (Å²) in [7, 11) is 0. The van der Waals surface area contributed by atoms with Crippen LogP contribution in [0.25, 0.3) is 0 Å². The third kappa shape index (κ3) is 4.68. The van der Waals surface area contributed by atoms with Crippen molar-refractivity contribution >= 4 is 40.8 Å². The molecule has 0 aliphatic heterocycles. The lowest BCUT2D eigenvalue weighted by molar-refractivity contribution is -0.119. The highest BCUT2D eigenvalue weighted by molar-refractivity contribution is 6.34. The van der Waals surface area contributed by atoms with Gasteiger partial charge in [0.2, 0.25) is 0 Å². The van der Waals surface area contributed by atoms with Gasteiger partial charge in [0.05, 0.1) is 21.3 Å². The van der Waals surface area contributed by atoms with Gasteiger partial charge in [-0.2, -0.15) is 0 Å². The fraction of sp³-hybridized carbons (Fsp3) is 0.125. The van der Waals surface area contributed by atoms with Crippen molar-refractivity contribution in [3.05, 3.63) is 63.4 Å². The molecule has 0 unspecified atom stereocenters. The molecule has 2 aromatic carbocycles. The maximum absolute atomic E-state index is 12.9. The molecular weight excluding hydrogens is 344 g/mol. The van der Waals surface area contributed by atoms with Gasteiger partial charge in [-0.15, -0.1) is 0 Å². The summed E-state index contributed by atoms with van der Waals surface area (Å²) < 4.78 is 17.8. The minimum atomic E-state index is -0.819. The van der Waals surface area contributed by atoms with Gasteiger partial charge in [-0.1, -0.05) is 29.3 Å². The number of halogens is 3. The van der Waals surface area contributed by atoms with Crippen LogP contribution in [0.5, 0.6) is 0 Å². The number of nitrogens with one attached hydrogen (secondary N) is 1. The standard InChI is InChI=1S/C16H12Cl2FNO3/c1-9-2-5-14(13(18)6-9)20-15(21)8-23-16(22)11-4-3-10(19)7-12(11)17/h2-7H,8H2,1H3,(H,20,21). The Morgan fingerprint density at radius 2 is 1.87 bits per heavy atom. The highest BCUT2D eigenvalue weighted by atomic mass is 35.5. The van der Waals surface area contributed by atoms with E-state index in [1.807, 2.05) is 6.92 Å². The van der Waals surface area contributed by atoms with Crippen LogP contribution in [-0.2, 0) is 9.53 Å². The lowest BCUT2D eigenvalue weighted by Crippen LogP contribution is -2.21. The van der Waals surface area contributed by atoms with Crippen LogP contribution in [0.3, 0.4) is 0 Å². The van der Waals surface area contributed by atoms with E-state index in [1.165, 1.54) is 6.07 Å². The highest BCUT2D eigenvalue weighted by Crippen LogP contribution is 2.22. The molecule has 23 heavy (non-hydrogen) atoms. The van der Waals surface area contributed by atoms with Crippen LogP contribution in [0.15, 0.2) is 36.4 Å². The van der Waals surface area contributed by atoms with Crippen LogP contribution < -0.4 is 5.32 Å². The van der Waals surface area contributed by atoms with Gasteiger partial charge >= 0.3 is 5.97 Å². The summed E-state index contributed by atoms with van der Waals surface area (Å²) in [5.41, 5.74) is 1.35. The summed E-state index contributed by atoms with van der Waals surface area (Å²) in [5, 5.41) is 2.82. The van der Waals surface area contributed by atoms with Gasteiger partial charge in [-0.05, 0) is 42.8 Å². The molecule has 4 nitrogen and oxygen atoms in total. The van der Waals surface area contributed by atoms with Gasteiger partial charge in [0.25, 0.3) is 5.91 Å². The van der Waals surface area contributed by atoms with Crippen molar-refractivity contribution in [3.8, 4) is 0 Å².